The Morgan fingerprint density at radius 3 is 2.27 bits per heavy atom. The van der Waals surface area contributed by atoms with Crippen LogP contribution in [0.1, 0.15) is 11.1 Å². The first-order chi connectivity index (χ1) is 14.4. The van der Waals surface area contributed by atoms with Crippen LogP contribution in [0.15, 0.2) is 77.7 Å². The molecule has 0 amide bonds. The zero-order valence-electron chi connectivity index (χ0n) is 15.7. The molecule has 1 atom stereocenters. The Labute approximate surface area is 178 Å². The summed E-state index contributed by atoms with van der Waals surface area (Å²) in [4.78, 5) is -0.0518. The minimum absolute atomic E-state index is 0.0518. The van der Waals surface area contributed by atoms with E-state index in [9.17, 15) is 17.2 Å². The summed E-state index contributed by atoms with van der Waals surface area (Å²) in [6, 6.07) is 18.4. The van der Waals surface area contributed by atoms with Crippen LogP contribution >= 0.6 is 11.6 Å². The van der Waals surface area contributed by atoms with Crippen LogP contribution in [0.3, 0.4) is 0 Å². The summed E-state index contributed by atoms with van der Waals surface area (Å²) in [7, 11) is -4.18. The van der Waals surface area contributed by atoms with Gasteiger partial charge in [-0.3, -0.25) is 4.31 Å². The van der Waals surface area contributed by atoms with Gasteiger partial charge in [-0.2, -0.15) is 0 Å². The summed E-state index contributed by atoms with van der Waals surface area (Å²) in [5, 5.41) is 0.153. The minimum atomic E-state index is -4.18. The largest absolute Gasteiger partial charge is 0.487 e. The lowest BCUT2D eigenvalue weighted by molar-refractivity contribution is 0.121. The molecule has 1 unspecified atom stereocenters. The number of sulfonamides is 1. The topological polar surface area (TPSA) is 46.6 Å². The van der Waals surface area contributed by atoms with Gasteiger partial charge >= 0.3 is 0 Å². The molecule has 3 aromatic carbocycles. The summed E-state index contributed by atoms with van der Waals surface area (Å²) in [6.07, 6.45) is -3.07. The van der Waals surface area contributed by atoms with Crippen LogP contribution in [0.25, 0.3) is 0 Å². The number of hydrogen-bond acceptors (Lipinski definition) is 3. The fraction of sp³-hybridized carbons (Fsp3) is 0.182. The van der Waals surface area contributed by atoms with Crippen molar-refractivity contribution in [2.24, 2.45) is 0 Å². The highest BCUT2D eigenvalue weighted by molar-refractivity contribution is 7.92. The van der Waals surface area contributed by atoms with Gasteiger partial charge in [0.15, 0.2) is 0 Å². The summed E-state index contributed by atoms with van der Waals surface area (Å²) >= 11 is 6.46. The van der Waals surface area contributed by atoms with Crippen molar-refractivity contribution in [1.29, 1.82) is 0 Å². The van der Waals surface area contributed by atoms with E-state index in [4.69, 9.17) is 16.3 Å². The molecular formula is C22H18ClF2NO3S. The lowest BCUT2D eigenvalue weighted by Gasteiger charge is -2.26. The number of benzene rings is 3. The summed E-state index contributed by atoms with van der Waals surface area (Å²) < 4.78 is 60.5. The zero-order valence-corrected chi connectivity index (χ0v) is 17.3. The molecule has 0 radical (unpaired) electrons. The molecular weight excluding hydrogens is 432 g/mol. The molecule has 0 N–H and O–H groups in total. The SMILES string of the molecule is O=S(=O)(c1ccccc1)N1c2ccc(OCc3ccccc3)c(Cl)c2CC1C(F)F. The van der Waals surface area contributed by atoms with Gasteiger partial charge in [-0.1, -0.05) is 60.1 Å². The average molecular weight is 450 g/mol. The van der Waals surface area contributed by atoms with Crippen LogP contribution < -0.4 is 9.04 Å². The third kappa shape index (κ3) is 3.75. The molecule has 4 rings (SSSR count). The van der Waals surface area contributed by atoms with Gasteiger partial charge in [0.25, 0.3) is 16.4 Å². The Morgan fingerprint density at radius 1 is 1.00 bits per heavy atom. The Balaban J connectivity index is 1.70. The summed E-state index contributed by atoms with van der Waals surface area (Å²) in [6.45, 7) is 0.254. The van der Waals surface area contributed by atoms with Crippen LogP contribution in [0.4, 0.5) is 14.5 Å². The quantitative estimate of drug-likeness (QED) is 0.512. The van der Waals surface area contributed by atoms with Crippen molar-refractivity contribution >= 4 is 27.3 Å². The molecule has 0 saturated heterocycles. The number of fused-ring (bicyclic) bond motifs is 1. The molecule has 4 nitrogen and oxygen atoms in total. The number of ether oxygens (including phenoxy) is 1. The van der Waals surface area contributed by atoms with E-state index in [0.717, 1.165) is 9.87 Å². The number of rotatable bonds is 6. The Hall–Kier alpha value is -2.64. The molecule has 30 heavy (non-hydrogen) atoms. The maximum atomic E-state index is 13.8. The molecule has 156 valence electrons. The maximum absolute atomic E-state index is 13.8. The van der Waals surface area contributed by atoms with E-state index in [1.165, 1.54) is 24.3 Å². The third-order valence-electron chi connectivity index (χ3n) is 4.96. The second kappa shape index (κ2) is 8.24. The fourth-order valence-electron chi connectivity index (χ4n) is 3.51. The van der Waals surface area contributed by atoms with E-state index in [2.05, 4.69) is 0 Å². The van der Waals surface area contributed by atoms with Crippen molar-refractivity contribution in [3.05, 3.63) is 88.9 Å². The van der Waals surface area contributed by atoms with Crippen LogP contribution in [0, 0.1) is 0 Å². The molecule has 0 aliphatic carbocycles. The molecule has 1 aliphatic rings. The van der Waals surface area contributed by atoms with Gasteiger partial charge in [-0.15, -0.1) is 0 Å². The molecule has 0 bridgehead atoms. The van der Waals surface area contributed by atoms with Gasteiger partial charge in [0.1, 0.15) is 18.4 Å². The van der Waals surface area contributed by atoms with E-state index in [0.29, 0.717) is 11.3 Å². The monoisotopic (exact) mass is 449 g/mol. The Kier molecular flexibility index (Phi) is 5.66. The molecule has 3 aromatic rings. The molecule has 0 fully saturated rings. The van der Waals surface area contributed by atoms with Crippen LogP contribution in [-0.2, 0) is 23.1 Å². The number of alkyl halides is 2. The van der Waals surface area contributed by atoms with E-state index >= 15 is 0 Å². The Bertz CT molecular complexity index is 1140. The minimum Gasteiger partial charge on any atom is -0.487 e. The van der Waals surface area contributed by atoms with Crippen molar-refractivity contribution < 1.29 is 21.9 Å². The second-order valence-corrected chi connectivity index (χ2v) is 9.06. The van der Waals surface area contributed by atoms with Crippen molar-refractivity contribution in [2.45, 2.75) is 30.4 Å². The van der Waals surface area contributed by atoms with Crippen LogP contribution in [0.5, 0.6) is 5.75 Å². The predicted octanol–water partition coefficient (Wildman–Crippen LogP) is 5.30. The fourth-order valence-corrected chi connectivity index (χ4v) is 5.49. The number of nitrogens with zero attached hydrogens (tertiary/aromatic N) is 1. The average Bonchev–Trinajstić information content (AvgIpc) is 3.16. The molecule has 1 heterocycles. The molecule has 0 saturated carbocycles. The van der Waals surface area contributed by atoms with Crippen molar-refractivity contribution in [2.75, 3.05) is 4.31 Å². The highest BCUT2D eigenvalue weighted by Crippen LogP contribution is 2.45. The second-order valence-electron chi connectivity index (χ2n) is 6.87. The smallest absolute Gasteiger partial charge is 0.264 e. The van der Waals surface area contributed by atoms with Crippen LogP contribution in [0.2, 0.25) is 5.02 Å². The normalized spacial score (nSPS) is 16.0. The zero-order chi connectivity index (χ0) is 21.3. The van der Waals surface area contributed by atoms with E-state index < -0.39 is 22.5 Å². The number of hydrogen-bond donors (Lipinski definition) is 0. The molecule has 8 heteroatoms. The molecule has 1 aliphatic heterocycles. The van der Waals surface area contributed by atoms with Gasteiger partial charge in [-0.25, -0.2) is 17.2 Å². The van der Waals surface area contributed by atoms with E-state index in [-0.39, 0.29) is 28.6 Å². The summed E-state index contributed by atoms with van der Waals surface area (Å²) in [5.74, 6) is 0.325. The maximum Gasteiger partial charge on any atom is 0.264 e. The van der Waals surface area contributed by atoms with Gasteiger partial charge in [0, 0.05) is 12.0 Å². The molecule has 0 spiro atoms. The predicted molar refractivity (Wildman–Crippen MR) is 112 cm³/mol. The summed E-state index contributed by atoms with van der Waals surface area (Å²) in [5.41, 5.74) is 1.42. The lowest BCUT2D eigenvalue weighted by atomic mass is 10.1. The standard InChI is InChI=1S/C22H18ClF2NO3S/c23-21-17-13-19(22(24)25)26(30(27,28)16-9-5-2-6-10-16)18(17)11-12-20(21)29-14-15-7-3-1-4-8-15/h1-12,19,22H,13-14H2. The van der Waals surface area contributed by atoms with E-state index in [1.54, 1.807) is 18.2 Å². The first kappa shape index (κ1) is 20.6. The highest BCUT2D eigenvalue weighted by Gasteiger charge is 2.44. The Morgan fingerprint density at radius 2 is 1.63 bits per heavy atom. The first-order valence-electron chi connectivity index (χ1n) is 9.25. The van der Waals surface area contributed by atoms with Gasteiger partial charge in [-0.05, 0) is 29.8 Å². The van der Waals surface area contributed by atoms with Gasteiger partial charge in [0.2, 0.25) is 0 Å². The number of anilines is 1. The van der Waals surface area contributed by atoms with Crippen molar-refractivity contribution in [1.82, 2.24) is 0 Å². The lowest BCUT2D eigenvalue weighted by Crippen LogP contribution is -2.42. The van der Waals surface area contributed by atoms with E-state index in [1.807, 2.05) is 30.3 Å². The van der Waals surface area contributed by atoms with Gasteiger partial charge < -0.3 is 4.74 Å². The third-order valence-corrected chi connectivity index (χ3v) is 7.23. The highest BCUT2D eigenvalue weighted by atomic mass is 35.5. The first-order valence-corrected chi connectivity index (χ1v) is 11.1. The van der Waals surface area contributed by atoms with Gasteiger partial charge in [0.05, 0.1) is 15.6 Å². The number of halogens is 3. The van der Waals surface area contributed by atoms with Crippen molar-refractivity contribution in [3.8, 4) is 5.75 Å². The van der Waals surface area contributed by atoms with Crippen molar-refractivity contribution in [3.63, 3.8) is 0 Å². The molecule has 0 aromatic heterocycles. The van der Waals surface area contributed by atoms with Crippen LogP contribution in [-0.4, -0.2) is 20.9 Å².